The van der Waals surface area contributed by atoms with E-state index in [0.29, 0.717) is 30.9 Å². The van der Waals surface area contributed by atoms with Crippen LogP contribution in [-0.2, 0) is 34.2 Å². The number of hydrogen-bond acceptors (Lipinski definition) is 5. The molecule has 1 aliphatic heterocycles. The third-order valence-electron chi connectivity index (χ3n) is 4.62. The number of halogens is 1. The van der Waals surface area contributed by atoms with Crippen molar-refractivity contribution >= 4 is 15.8 Å². The highest BCUT2D eigenvalue weighted by atomic mass is 32.2. The van der Waals surface area contributed by atoms with Gasteiger partial charge < -0.3 is 9.84 Å². The molecule has 0 bridgehead atoms. The third kappa shape index (κ3) is 5.77. The van der Waals surface area contributed by atoms with E-state index in [0.717, 1.165) is 11.1 Å². The van der Waals surface area contributed by atoms with Gasteiger partial charge in [-0.05, 0) is 29.3 Å². The molecule has 8 heteroatoms. The van der Waals surface area contributed by atoms with Gasteiger partial charge in [0.05, 0.1) is 17.9 Å². The molecule has 1 aliphatic rings. The Balaban J connectivity index is 1.75. The Labute approximate surface area is 163 Å². The monoisotopic (exact) mass is 407 g/mol. The number of sulfone groups is 1. The molecule has 0 saturated carbocycles. The van der Waals surface area contributed by atoms with Gasteiger partial charge in [0, 0.05) is 25.2 Å². The lowest BCUT2D eigenvalue weighted by Gasteiger charge is -2.27. The van der Waals surface area contributed by atoms with Gasteiger partial charge in [-0.2, -0.15) is 0 Å². The van der Waals surface area contributed by atoms with Crippen molar-refractivity contribution in [2.24, 2.45) is 0 Å². The molecule has 3 rings (SSSR count). The Hall–Kier alpha value is -2.45. The maximum atomic E-state index is 13.0. The zero-order valence-corrected chi connectivity index (χ0v) is 16.1. The lowest BCUT2D eigenvalue weighted by Crippen LogP contribution is -2.39. The third-order valence-corrected chi connectivity index (χ3v) is 6.23. The molecule has 1 saturated heterocycles. The Morgan fingerprint density at radius 1 is 1.07 bits per heavy atom. The van der Waals surface area contributed by atoms with Crippen LogP contribution in [-0.4, -0.2) is 49.0 Å². The summed E-state index contributed by atoms with van der Waals surface area (Å²) in [6.07, 6.45) is -0.0976. The van der Waals surface area contributed by atoms with E-state index in [-0.39, 0.29) is 30.4 Å². The average molecular weight is 407 g/mol. The van der Waals surface area contributed by atoms with Gasteiger partial charge in [-0.25, -0.2) is 12.8 Å². The molecule has 1 N–H and O–H groups in total. The molecule has 0 radical (unpaired) electrons. The number of aliphatic carboxylic acids is 1. The van der Waals surface area contributed by atoms with Gasteiger partial charge in [-0.3, -0.25) is 9.69 Å². The summed E-state index contributed by atoms with van der Waals surface area (Å²) in [7, 11) is -2.97. The summed E-state index contributed by atoms with van der Waals surface area (Å²) in [4.78, 5) is 13.0. The molecule has 1 fully saturated rings. The van der Waals surface area contributed by atoms with Crippen molar-refractivity contribution in [3.63, 3.8) is 0 Å². The summed E-state index contributed by atoms with van der Waals surface area (Å²) in [5.74, 6) is -0.398. The highest BCUT2D eigenvalue weighted by Gasteiger charge is 2.22. The number of rotatable bonds is 7. The standard InChI is InChI=1S/C20H22FNO5S/c21-18-4-1-15(2-5-18)14-27-19-6-3-16(12-20(23)24)11-17(19)13-22-7-9-28(25,26)10-8-22/h1-6,11H,7-10,12-14H2,(H,23,24). The SMILES string of the molecule is O=C(O)Cc1ccc(OCc2ccc(F)cc2)c(CN2CCS(=O)(=O)CC2)c1. The van der Waals surface area contributed by atoms with Gasteiger partial charge in [-0.15, -0.1) is 0 Å². The van der Waals surface area contributed by atoms with E-state index < -0.39 is 15.8 Å². The topological polar surface area (TPSA) is 83.9 Å². The first-order valence-electron chi connectivity index (χ1n) is 8.94. The number of ether oxygens (including phenoxy) is 1. The fourth-order valence-electron chi connectivity index (χ4n) is 3.07. The molecule has 0 spiro atoms. The highest BCUT2D eigenvalue weighted by Crippen LogP contribution is 2.24. The Bertz CT molecular complexity index is 930. The maximum absolute atomic E-state index is 13.0. The van der Waals surface area contributed by atoms with Crippen LogP contribution in [0.15, 0.2) is 42.5 Å². The summed E-state index contributed by atoms with van der Waals surface area (Å²) >= 11 is 0. The van der Waals surface area contributed by atoms with Crippen molar-refractivity contribution in [1.29, 1.82) is 0 Å². The second-order valence-corrected chi connectivity index (χ2v) is 9.16. The van der Waals surface area contributed by atoms with E-state index in [4.69, 9.17) is 9.84 Å². The first kappa shape index (κ1) is 20.3. The van der Waals surface area contributed by atoms with Gasteiger partial charge in [-0.1, -0.05) is 24.3 Å². The first-order chi connectivity index (χ1) is 13.3. The van der Waals surface area contributed by atoms with Crippen LogP contribution >= 0.6 is 0 Å². The van der Waals surface area contributed by atoms with Crippen LogP contribution in [0.4, 0.5) is 4.39 Å². The summed E-state index contributed by atoms with van der Waals surface area (Å²) < 4.78 is 42.2. The largest absolute Gasteiger partial charge is 0.489 e. The minimum absolute atomic E-state index is 0.0976. The summed E-state index contributed by atoms with van der Waals surface area (Å²) in [6.45, 7) is 1.59. The normalized spacial score (nSPS) is 16.6. The molecule has 6 nitrogen and oxygen atoms in total. The summed E-state index contributed by atoms with van der Waals surface area (Å²) in [5, 5.41) is 9.04. The Morgan fingerprint density at radius 3 is 2.36 bits per heavy atom. The van der Waals surface area contributed by atoms with Gasteiger partial charge in [0.2, 0.25) is 0 Å². The van der Waals surface area contributed by atoms with Gasteiger partial charge >= 0.3 is 5.97 Å². The number of carboxylic acid groups (broad SMARTS) is 1. The zero-order valence-electron chi connectivity index (χ0n) is 15.3. The van der Waals surface area contributed by atoms with E-state index in [2.05, 4.69) is 0 Å². The molecule has 0 aromatic heterocycles. The van der Waals surface area contributed by atoms with Gasteiger partial charge in [0.15, 0.2) is 9.84 Å². The van der Waals surface area contributed by atoms with E-state index in [1.807, 2.05) is 4.90 Å². The minimum Gasteiger partial charge on any atom is -0.489 e. The zero-order chi connectivity index (χ0) is 20.1. The highest BCUT2D eigenvalue weighted by molar-refractivity contribution is 7.91. The number of nitrogens with zero attached hydrogens (tertiary/aromatic N) is 1. The van der Waals surface area contributed by atoms with E-state index in [9.17, 15) is 17.6 Å². The molecule has 1 heterocycles. The van der Waals surface area contributed by atoms with Crippen LogP contribution in [0.3, 0.4) is 0 Å². The predicted octanol–water partition coefficient (Wildman–Crippen LogP) is 2.26. The Morgan fingerprint density at radius 2 is 1.71 bits per heavy atom. The lowest BCUT2D eigenvalue weighted by molar-refractivity contribution is -0.136. The van der Waals surface area contributed by atoms with Crippen molar-refractivity contribution in [1.82, 2.24) is 4.90 Å². The molecular formula is C20H22FNO5S. The Kier molecular flexibility index (Phi) is 6.31. The second-order valence-electron chi connectivity index (χ2n) is 6.86. The van der Waals surface area contributed by atoms with Crippen LogP contribution in [0, 0.1) is 5.82 Å². The van der Waals surface area contributed by atoms with Gasteiger partial charge in [0.1, 0.15) is 18.2 Å². The maximum Gasteiger partial charge on any atom is 0.307 e. The number of hydrogen-bond donors (Lipinski definition) is 1. The van der Waals surface area contributed by atoms with Gasteiger partial charge in [0.25, 0.3) is 0 Å². The quantitative estimate of drug-likeness (QED) is 0.758. The smallest absolute Gasteiger partial charge is 0.307 e. The molecular weight excluding hydrogens is 385 g/mol. The number of carboxylic acids is 1. The van der Waals surface area contributed by atoms with Crippen LogP contribution in [0.25, 0.3) is 0 Å². The molecule has 0 atom stereocenters. The molecule has 0 unspecified atom stereocenters. The van der Waals surface area contributed by atoms with Crippen LogP contribution in [0.2, 0.25) is 0 Å². The first-order valence-corrected chi connectivity index (χ1v) is 10.8. The van der Waals surface area contributed by atoms with Crippen molar-refractivity contribution in [2.45, 2.75) is 19.6 Å². The van der Waals surface area contributed by atoms with E-state index >= 15 is 0 Å². The van der Waals surface area contributed by atoms with Crippen LogP contribution in [0.5, 0.6) is 5.75 Å². The predicted molar refractivity (Wildman–Crippen MR) is 102 cm³/mol. The number of carbonyl (C=O) groups is 1. The minimum atomic E-state index is -2.97. The fraction of sp³-hybridized carbons (Fsp3) is 0.350. The molecule has 0 aliphatic carbocycles. The molecule has 150 valence electrons. The molecule has 2 aromatic rings. The van der Waals surface area contributed by atoms with Crippen LogP contribution in [0.1, 0.15) is 16.7 Å². The number of benzene rings is 2. The second kappa shape index (κ2) is 8.70. The fourth-order valence-corrected chi connectivity index (χ4v) is 4.35. The van der Waals surface area contributed by atoms with E-state index in [1.54, 1.807) is 30.3 Å². The van der Waals surface area contributed by atoms with Crippen LogP contribution < -0.4 is 4.74 Å². The van der Waals surface area contributed by atoms with E-state index in [1.165, 1.54) is 12.1 Å². The molecule has 0 amide bonds. The average Bonchev–Trinajstić information content (AvgIpc) is 2.64. The summed E-state index contributed by atoms with van der Waals surface area (Å²) in [6, 6.07) is 11.2. The molecule has 2 aromatic carbocycles. The summed E-state index contributed by atoms with van der Waals surface area (Å²) in [5.41, 5.74) is 2.27. The van der Waals surface area contributed by atoms with Crippen molar-refractivity contribution in [3.8, 4) is 5.75 Å². The van der Waals surface area contributed by atoms with Crippen molar-refractivity contribution in [2.75, 3.05) is 24.6 Å². The lowest BCUT2D eigenvalue weighted by atomic mass is 10.1. The van der Waals surface area contributed by atoms with Crippen molar-refractivity contribution in [3.05, 3.63) is 65.0 Å². The molecule has 28 heavy (non-hydrogen) atoms. The van der Waals surface area contributed by atoms with Crippen molar-refractivity contribution < 1.29 is 27.4 Å².